The van der Waals surface area contributed by atoms with Crippen LogP contribution in [0, 0.1) is 6.92 Å². The minimum Gasteiger partial charge on any atom is -0.263 e. The fourth-order valence-electron chi connectivity index (χ4n) is 0.687. The highest BCUT2D eigenvalue weighted by Crippen LogP contribution is 2.15. The van der Waals surface area contributed by atoms with Crippen LogP contribution < -0.4 is 4.72 Å². The molecule has 1 rings (SSSR count). The Morgan fingerprint density at radius 2 is 2.40 bits per heavy atom. The van der Waals surface area contributed by atoms with Crippen molar-refractivity contribution in [3.05, 3.63) is 24.0 Å². The van der Waals surface area contributed by atoms with E-state index in [1.165, 1.54) is 4.90 Å². The van der Waals surface area contributed by atoms with Crippen LogP contribution in [0.25, 0.3) is 0 Å². The highest BCUT2D eigenvalue weighted by Gasteiger charge is 1.94. The van der Waals surface area contributed by atoms with Gasteiger partial charge in [-0.25, -0.2) is 0 Å². The fourth-order valence-corrected chi connectivity index (χ4v) is 1.25. The molecule has 3 heteroatoms. The fraction of sp³-hybridized carbons (Fsp3) is 0.286. The topological polar surface area (TPSA) is 24.9 Å². The third-order valence-corrected chi connectivity index (χ3v) is 2.03. The molecule has 10 heavy (non-hydrogen) atoms. The van der Waals surface area contributed by atoms with Crippen LogP contribution in [0.1, 0.15) is 5.69 Å². The van der Waals surface area contributed by atoms with Gasteiger partial charge in [-0.05, 0) is 38.1 Å². The van der Waals surface area contributed by atoms with Crippen molar-refractivity contribution in [3.8, 4) is 0 Å². The summed E-state index contributed by atoms with van der Waals surface area (Å²) in [5, 5.41) is 0. The second kappa shape index (κ2) is 3.58. The van der Waals surface area contributed by atoms with Gasteiger partial charge in [0.05, 0.1) is 5.69 Å². The first-order chi connectivity index (χ1) is 4.84. The first-order valence-corrected chi connectivity index (χ1v) is 3.91. The zero-order valence-electron chi connectivity index (χ0n) is 6.09. The lowest BCUT2D eigenvalue weighted by atomic mass is 10.4. The Bertz CT molecular complexity index is 213. The van der Waals surface area contributed by atoms with E-state index >= 15 is 0 Å². The molecule has 54 valence electrons. The summed E-state index contributed by atoms with van der Waals surface area (Å²) in [6.45, 7) is 2.00. The average Bonchev–Trinajstić information content (AvgIpc) is 1.94. The second-order valence-corrected chi connectivity index (χ2v) is 2.95. The number of pyridine rings is 1. The molecular formula is C7H10N2S. The van der Waals surface area contributed by atoms with Gasteiger partial charge in [0.25, 0.3) is 0 Å². The molecule has 0 bridgehead atoms. The Morgan fingerprint density at radius 1 is 1.60 bits per heavy atom. The van der Waals surface area contributed by atoms with Gasteiger partial charge in [-0.15, -0.1) is 0 Å². The van der Waals surface area contributed by atoms with Crippen molar-refractivity contribution < 1.29 is 0 Å². The maximum absolute atomic E-state index is 4.14. The molecule has 1 heterocycles. The van der Waals surface area contributed by atoms with Crippen LogP contribution in [-0.4, -0.2) is 12.0 Å². The Kier molecular flexibility index (Phi) is 2.71. The molecule has 1 N–H and O–H groups in total. The monoisotopic (exact) mass is 154 g/mol. The average molecular weight is 154 g/mol. The van der Waals surface area contributed by atoms with Gasteiger partial charge in [0.2, 0.25) is 0 Å². The lowest BCUT2D eigenvalue weighted by Crippen LogP contribution is -1.93. The van der Waals surface area contributed by atoms with Crippen LogP contribution >= 0.6 is 11.9 Å². The van der Waals surface area contributed by atoms with E-state index < -0.39 is 0 Å². The molecular weight excluding hydrogens is 144 g/mol. The van der Waals surface area contributed by atoms with Crippen molar-refractivity contribution >= 4 is 11.9 Å². The first-order valence-electron chi connectivity index (χ1n) is 3.10. The summed E-state index contributed by atoms with van der Waals surface area (Å²) in [6.07, 6.45) is 1.80. The standard InChI is InChI=1S/C7H10N2S/c1-6-7(10-8-2)4-3-5-9-6/h3-5,8H,1-2H3. The quantitative estimate of drug-likeness (QED) is 0.655. The van der Waals surface area contributed by atoms with Gasteiger partial charge in [-0.1, -0.05) is 0 Å². The van der Waals surface area contributed by atoms with Crippen molar-refractivity contribution in [1.29, 1.82) is 0 Å². The van der Waals surface area contributed by atoms with E-state index in [0.29, 0.717) is 0 Å². The third kappa shape index (κ3) is 1.72. The lowest BCUT2D eigenvalue weighted by Gasteiger charge is -2.00. The Morgan fingerprint density at radius 3 is 3.00 bits per heavy atom. The van der Waals surface area contributed by atoms with E-state index in [0.717, 1.165) is 5.69 Å². The van der Waals surface area contributed by atoms with E-state index in [9.17, 15) is 0 Å². The molecule has 0 saturated carbocycles. The minimum atomic E-state index is 1.07. The van der Waals surface area contributed by atoms with Gasteiger partial charge in [-0.2, -0.15) is 0 Å². The molecule has 0 aliphatic carbocycles. The number of hydrogen-bond donors (Lipinski definition) is 1. The maximum Gasteiger partial charge on any atom is 0.0521 e. The smallest absolute Gasteiger partial charge is 0.0521 e. The number of rotatable bonds is 2. The highest BCUT2D eigenvalue weighted by molar-refractivity contribution is 7.97. The first kappa shape index (κ1) is 7.57. The minimum absolute atomic E-state index is 1.07. The molecule has 0 amide bonds. The van der Waals surface area contributed by atoms with Gasteiger partial charge in [-0.3, -0.25) is 9.71 Å². The summed E-state index contributed by atoms with van der Waals surface area (Å²) in [5.41, 5.74) is 1.07. The van der Waals surface area contributed by atoms with E-state index in [2.05, 4.69) is 9.71 Å². The molecule has 1 aromatic rings. The van der Waals surface area contributed by atoms with Crippen LogP contribution in [0.4, 0.5) is 0 Å². The summed E-state index contributed by atoms with van der Waals surface area (Å²) >= 11 is 1.59. The van der Waals surface area contributed by atoms with Crippen molar-refractivity contribution in [2.45, 2.75) is 11.8 Å². The van der Waals surface area contributed by atoms with E-state index in [-0.39, 0.29) is 0 Å². The lowest BCUT2D eigenvalue weighted by molar-refractivity contribution is 1.11. The van der Waals surface area contributed by atoms with Gasteiger partial charge < -0.3 is 0 Å². The number of nitrogens with zero attached hydrogens (tertiary/aromatic N) is 1. The SMILES string of the molecule is CNSc1cccnc1C. The van der Waals surface area contributed by atoms with Crippen molar-refractivity contribution in [3.63, 3.8) is 0 Å². The van der Waals surface area contributed by atoms with Crippen LogP contribution in [0.5, 0.6) is 0 Å². The Labute approximate surface area is 65.2 Å². The summed E-state index contributed by atoms with van der Waals surface area (Å²) < 4.78 is 3.00. The second-order valence-electron chi connectivity index (χ2n) is 1.89. The molecule has 0 unspecified atom stereocenters. The molecule has 0 atom stereocenters. The van der Waals surface area contributed by atoms with Crippen LogP contribution in [-0.2, 0) is 0 Å². The normalized spacial score (nSPS) is 9.80. The Balaban J connectivity index is 2.81. The predicted octanol–water partition coefficient (Wildman–Crippen LogP) is 1.62. The summed E-state index contributed by atoms with van der Waals surface area (Å²) in [7, 11) is 1.90. The van der Waals surface area contributed by atoms with E-state index in [1.807, 2.05) is 26.1 Å². The van der Waals surface area contributed by atoms with Crippen molar-refractivity contribution in [1.82, 2.24) is 9.71 Å². The van der Waals surface area contributed by atoms with Gasteiger partial charge in [0, 0.05) is 11.1 Å². The maximum atomic E-state index is 4.14. The zero-order chi connectivity index (χ0) is 7.40. The van der Waals surface area contributed by atoms with Crippen LogP contribution in [0.2, 0.25) is 0 Å². The van der Waals surface area contributed by atoms with E-state index in [1.54, 1.807) is 18.1 Å². The van der Waals surface area contributed by atoms with Gasteiger partial charge in [0.1, 0.15) is 0 Å². The number of aryl methyl sites for hydroxylation is 1. The number of aromatic nitrogens is 1. The molecule has 0 fully saturated rings. The molecule has 0 aromatic carbocycles. The van der Waals surface area contributed by atoms with Crippen molar-refractivity contribution in [2.24, 2.45) is 0 Å². The van der Waals surface area contributed by atoms with Gasteiger partial charge >= 0.3 is 0 Å². The molecule has 0 saturated heterocycles. The Hall–Kier alpha value is -0.540. The molecule has 0 spiro atoms. The molecule has 0 aliphatic heterocycles. The zero-order valence-corrected chi connectivity index (χ0v) is 6.90. The highest BCUT2D eigenvalue weighted by atomic mass is 32.2. The number of nitrogens with one attached hydrogen (secondary N) is 1. The summed E-state index contributed by atoms with van der Waals surface area (Å²) in [6, 6.07) is 3.98. The van der Waals surface area contributed by atoms with Crippen LogP contribution in [0.3, 0.4) is 0 Å². The summed E-state index contributed by atoms with van der Waals surface area (Å²) in [5.74, 6) is 0. The number of hydrogen-bond acceptors (Lipinski definition) is 3. The molecule has 2 nitrogen and oxygen atoms in total. The van der Waals surface area contributed by atoms with E-state index in [4.69, 9.17) is 0 Å². The van der Waals surface area contributed by atoms with Gasteiger partial charge in [0.15, 0.2) is 0 Å². The largest absolute Gasteiger partial charge is 0.263 e. The molecule has 1 aromatic heterocycles. The summed E-state index contributed by atoms with van der Waals surface area (Å²) in [4.78, 5) is 5.32. The van der Waals surface area contributed by atoms with Crippen molar-refractivity contribution in [2.75, 3.05) is 7.05 Å². The van der Waals surface area contributed by atoms with Crippen LogP contribution in [0.15, 0.2) is 23.2 Å². The third-order valence-electron chi connectivity index (χ3n) is 1.17. The molecule has 0 radical (unpaired) electrons. The molecule has 0 aliphatic rings. The predicted molar refractivity (Wildman–Crippen MR) is 43.9 cm³/mol.